The lowest BCUT2D eigenvalue weighted by molar-refractivity contribution is 0.278. The van der Waals surface area contributed by atoms with Gasteiger partial charge in [0.2, 0.25) is 0 Å². The highest BCUT2D eigenvalue weighted by Gasteiger charge is 2.27. The van der Waals surface area contributed by atoms with E-state index in [-0.39, 0.29) is 11.2 Å². The zero-order valence-corrected chi connectivity index (χ0v) is 13.5. The summed E-state index contributed by atoms with van der Waals surface area (Å²) in [7, 11) is 0. The van der Waals surface area contributed by atoms with E-state index in [1.54, 1.807) is 0 Å². The lowest BCUT2D eigenvalue weighted by Gasteiger charge is -2.31. The molecule has 1 rings (SSSR count). The summed E-state index contributed by atoms with van der Waals surface area (Å²) in [6, 6.07) is 4.92. The lowest BCUT2D eigenvalue weighted by Crippen LogP contribution is -2.25. The van der Waals surface area contributed by atoms with Gasteiger partial charge in [-0.15, -0.1) is 11.6 Å². The maximum Gasteiger partial charge on any atom is 0.124 e. The minimum atomic E-state index is -0.202. The van der Waals surface area contributed by atoms with E-state index in [0.29, 0.717) is 5.88 Å². The van der Waals surface area contributed by atoms with Gasteiger partial charge in [-0.1, -0.05) is 48.7 Å². The zero-order valence-electron chi connectivity index (χ0n) is 11.1. The minimum absolute atomic E-state index is 0.137. The largest absolute Gasteiger partial charge is 0.207 e. The summed E-state index contributed by atoms with van der Waals surface area (Å²) in [6.45, 7) is 4.39. The summed E-state index contributed by atoms with van der Waals surface area (Å²) < 4.78 is 13.9. The van der Waals surface area contributed by atoms with Gasteiger partial charge in [0.15, 0.2) is 0 Å². The van der Waals surface area contributed by atoms with Crippen LogP contribution in [0.2, 0.25) is 0 Å². The van der Waals surface area contributed by atoms with Crippen LogP contribution in [-0.4, -0.2) is 5.88 Å². The van der Waals surface area contributed by atoms with Crippen LogP contribution in [0.3, 0.4) is 0 Å². The van der Waals surface area contributed by atoms with Crippen molar-refractivity contribution in [2.45, 2.75) is 46.0 Å². The second kappa shape index (κ2) is 7.49. The molecule has 0 spiro atoms. The second-order valence-corrected chi connectivity index (χ2v) is 6.12. The summed E-state index contributed by atoms with van der Waals surface area (Å²) in [5, 5.41) is 0. The molecule has 0 radical (unpaired) electrons. The van der Waals surface area contributed by atoms with Gasteiger partial charge in [-0.25, -0.2) is 4.39 Å². The highest BCUT2D eigenvalue weighted by Crippen LogP contribution is 2.36. The average molecular weight is 336 g/mol. The van der Waals surface area contributed by atoms with Gasteiger partial charge in [0.1, 0.15) is 5.82 Å². The Bertz CT molecular complexity index is 375. The molecule has 0 amide bonds. The third kappa shape index (κ3) is 4.24. The van der Waals surface area contributed by atoms with Gasteiger partial charge in [0.25, 0.3) is 0 Å². The molecule has 1 atom stereocenters. The van der Waals surface area contributed by atoms with Gasteiger partial charge in [-0.05, 0) is 42.4 Å². The number of benzene rings is 1. The summed E-state index contributed by atoms with van der Waals surface area (Å²) in [6.07, 6.45) is 5.48. The van der Waals surface area contributed by atoms with Crippen molar-refractivity contribution in [1.82, 2.24) is 0 Å². The molecule has 1 aromatic rings. The van der Waals surface area contributed by atoms with Crippen molar-refractivity contribution in [2.75, 3.05) is 5.88 Å². The van der Waals surface area contributed by atoms with Gasteiger partial charge in [-0.2, -0.15) is 0 Å². The monoisotopic (exact) mass is 334 g/mol. The first-order chi connectivity index (χ1) is 8.56. The number of alkyl halides is 1. The molecular weight excluding hydrogens is 315 g/mol. The van der Waals surface area contributed by atoms with E-state index in [1.807, 2.05) is 6.07 Å². The number of rotatable bonds is 7. The number of unbranched alkanes of at least 4 members (excludes halogenated alkanes) is 1. The Hall–Kier alpha value is -0.0800. The molecule has 0 aliphatic heterocycles. The first kappa shape index (κ1) is 16.0. The average Bonchev–Trinajstić information content (AvgIpc) is 2.37. The summed E-state index contributed by atoms with van der Waals surface area (Å²) in [5.41, 5.74) is 1.28. The first-order valence-corrected chi connectivity index (χ1v) is 7.89. The Morgan fingerprint density at radius 3 is 2.56 bits per heavy atom. The summed E-state index contributed by atoms with van der Waals surface area (Å²) >= 11 is 9.65. The minimum Gasteiger partial charge on any atom is -0.207 e. The fraction of sp³-hybridized carbons (Fsp3) is 0.600. The maximum absolute atomic E-state index is 13.1. The molecule has 0 aliphatic carbocycles. The highest BCUT2D eigenvalue weighted by atomic mass is 79.9. The first-order valence-electron chi connectivity index (χ1n) is 6.57. The molecule has 0 aliphatic rings. The van der Waals surface area contributed by atoms with E-state index in [2.05, 4.69) is 29.8 Å². The number of halogens is 3. The van der Waals surface area contributed by atoms with Crippen LogP contribution in [0.1, 0.15) is 45.1 Å². The fourth-order valence-corrected chi connectivity index (χ4v) is 3.13. The smallest absolute Gasteiger partial charge is 0.124 e. The van der Waals surface area contributed by atoms with Crippen LogP contribution in [0.4, 0.5) is 4.39 Å². The molecule has 0 bridgehead atoms. The topological polar surface area (TPSA) is 0 Å². The molecule has 0 nitrogen and oxygen atoms in total. The quantitative estimate of drug-likeness (QED) is 0.540. The van der Waals surface area contributed by atoms with Gasteiger partial charge < -0.3 is 0 Å². The summed E-state index contributed by atoms with van der Waals surface area (Å²) in [4.78, 5) is 0. The molecule has 0 fully saturated rings. The van der Waals surface area contributed by atoms with Crippen LogP contribution < -0.4 is 0 Å². The molecule has 0 aromatic heterocycles. The standard InChI is InChI=1S/C15H21BrClF/c1-3-5-8-15(4-2,11-17)10-12-6-7-13(18)9-14(12)16/h6-7,9H,3-5,8,10-11H2,1-2H3. The zero-order chi connectivity index (χ0) is 13.6. The fourth-order valence-electron chi connectivity index (χ4n) is 2.22. The molecule has 3 heteroatoms. The van der Waals surface area contributed by atoms with Crippen LogP contribution in [0.5, 0.6) is 0 Å². The predicted molar refractivity (Wildman–Crippen MR) is 80.8 cm³/mol. The Morgan fingerprint density at radius 2 is 2.06 bits per heavy atom. The van der Waals surface area contributed by atoms with E-state index in [9.17, 15) is 4.39 Å². The van der Waals surface area contributed by atoms with Crippen molar-refractivity contribution >= 4 is 27.5 Å². The van der Waals surface area contributed by atoms with Crippen LogP contribution >= 0.6 is 27.5 Å². The molecule has 18 heavy (non-hydrogen) atoms. The van der Waals surface area contributed by atoms with Crippen molar-refractivity contribution in [3.63, 3.8) is 0 Å². The Morgan fingerprint density at radius 1 is 1.33 bits per heavy atom. The molecular formula is C15H21BrClF. The van der Waals surface area contributed by atoms with E-state index in [4.69, 9.17) is 11.6 Å². The Labute approximate surface area is 123 Å². The van der Waals surface area contributed by atoms with Crippen molar-refractivity contribution in [2.24, 2.45) is 5.41 Å². The lowest BCUT2D eigenvalue weighted by atomic mass is 9.77. The van der Waals surface area contributed by atoms with Crippen molar-refractivity contribution in [3.05, 3.63) is 34.1 Å². The second-order valence-electron chi connectivity index (χ2n) is 5.00. The van der Waals surface area contributed by atoms with Gasteiger partial charge in [0.05, 0.1) is 0 Å². The molecule has 1 aromatic carbocycles. The van der Waals surface area contributed by atoms with Gasteiger partial charge >= 0.3 is 0 Å². The number of hydrogen-bond acceptors (Lipinski definition) is 0. The van der Waals surface area contributed by atoms with Gasteiger partial charge in [0, 0.05) is 10.4 Å². The normalized spacial score (nSPS) is 14.5. The highest BCUT2D eigenvalue weighted by molar-refractivity contribution is 9.10. The summed E-state index contributed by atoms with van der Waals surface area (Å²) in [5.74, 6) is 0.458. The molecule has 0 saturated carbocycles. The Balaban J connectivity index is 2.88. The van der Waals surface area contributed by atoms with Crippen molar-refractivity contribution < 1.29 is 4.39 Å². The third-order valence-corrected chi connectivity index (χ3v) is 4.98. The third-order valence-electron chi connectivity index (χ3n) is 3.67. The molecule has 102 valence electrons. The molecule has 0 heterocycles. The Kier molecular flexibility index (Phi) is 6.65. The van der Waals surface area contributed by atoms with Crippen LogP contribution in [0, 0.1) is 11.2 Å². The van der Waals surface area contributed by atoms with Crippen LogP contribution in [-0.2, 0) is 6.42 Å². The van der Waals surface area contributed by atoms with E-state index in [0.717, 1.165) is 29.3 Å². The van der Waals surface area contributed by atoms with Crippen LogP contribution in [0.15, 0.2) is 22.7 Å². The molecule has 0 saturated heterocycles. The predicted octanol–water partition coefficient (Wildman–Crippen LogP) is 5.96. The van der Waals surface area contributed by atoms with E-state index < -0.39 is 0 Å². The number of hydrogen-bond donors (Lipinski definition) is 0. The van der Waals surface area contributed by atoms with Crippen molar-refractivity contribution in [1.29, 1.82) is 0 Å². The van der Waals surface area contributed by atoms with Crippen molar-refractivity contribution in [3.8, 4) is 0 Å². The maximum atomic E-state index is 13.1. The van der Waals surface area contributed by atoms with Crippen LogP contribution in [0.25, 0.3) is 0 Å². The molecule has 1 unspecified atom stereocenters. The van der Waals surface area contributed by atoms with E-state index in [1.165, 1.54) is 25.0 Å². The van der Waals surface area contributed by atoms with Gasteiger partial charge in [-0.3, -0.25) is 0 Å². The van der Waals surface area contributed by atoms with E-state index >= 15 is 0 Å². The molecule has 0 N–H and O–H groups in total. The SMILES string of the molecule is CCCCC(CC)(CCl)Cc1ccc(F)cc1Br.